The van der Waals surface area contributed by atoms with Gasteiger partial charge in [0.15, 0.2) is 0 Å². The van der Waals surface area contributed by atoms with Crippen LogP contribution in [-0.4, -0.2) is 87.7 Å². The number of ether oxygens (including phenoxy) is 1. The van der Waals surface area contributed by atoms with Crippen molar-refractivity contribution in [2.45, 2.75) is 34.1 Å². The van der Waals surface area contributed by atoms with Crippen molar-refractivity contribution in [2.24, 2.45) is 0 Å². The second-order valence-electron chi connectivity index (χ2n) is 5.31. The highest BCUT2D eigenvalue weighted by atomic mass is 16.5. The third-order valence-electron chi connectivity index (χ3n) is 2.75. The fraction of sp³-hybridized carbons (Fsp3) is 0.938. The molecule has 128 valence electrons. The Kier molecular flexibility index (Phi) is 17.0. The first-order chi connectivity index (χ1) is 9.99. The van der Waals surface area contributed by atoms with Crippen LogP contribution >= 0.6 is 0 Å². The number of esters is 1. The normalized spacial score (nSPS) is 15.6. The molecule has 0 radical (unpaired) electrons. The fourth-order valence-electron chi connectivity index (χ4n) is 1.58. The summed E-state index contributed by atoms with van der Waals surface area (Å²) in [6, 6.07) is 0. The van der Waals surface area contributed by atoms with E-state index >= 15 is 0 Å². The number of carbonyl (C=O) groups is 1. The zero-order chi connectivity index (χ0) is 16.7. The zero-order valence-corrected chi connectivity index (χ0v) is 15.3. The molecule has 1 aliphatic heterocycles. The van der Waals surface area contributed by atoms with Crippen molar-refractivity contribution in [3.05, 3.63) is 0 Å². The largest absolute Gasteiger partial charge is 0.463 e. The summed E-state index contributed by atoms with van der Waals surface area (Å²) in [6.45, 7) is 13.9. The van der Waals surface area contributed by atoms with Crippen molar-refractivity contribution in [1.82, 2.24) is 14.7 Å². The van der Waals surface area contributed by atoms with Crippen molar-refractivity contribution in [1.29, 1.82) is 0 Å². The van der Waals surface area contributed by atoms with Gasteiger partial charge in [-0.15, -0.1) is 0 Å². The van der Waals surface area contributed by atoms with Crippen molar-refractivity contribution >= 4 is 5.97 Å². The Hall–Kier alpha value is -0.650. The number of nitrogens with zero attached hydrogens (tertiary/aromatic N) is 3. The number of rotatable bonds is 5. The van der Waals surface area contributed by atoms with Crippen molar-refractivity contribution in [2.75, 3.05) is 67.0 Å². The third kappa shape index (κ3) is 15.6. The van der Waals surface area contributed by atoms with E-state index in [2.05, 4.69) is 30.7 Å². The summed E-state index contributed by atoms with van der Waals surface area (Å²) < 4.78 is 5.15. The SMILES string of the molecule is CC.CCC.CN(C)CCOC(=O)CN1CCN(C)CC1. The van der Waals surface area contributed by atoms with Crippen LogP contribution in [0.15, 0.2) is 0 Å². The molecule has 1 heterocycles. The van der Waals surface area contributed by atoms with Gasteiger partial charge >= 0.3 is 5.97 Å². The molecule has 0 aliphatic carbocycles. The summed E-state index contributed by atoms with van der Waals surface area (Å²) >= 11 is 0. The van der Waals surface area contributed by atoms with Crippen LogP contribution in [0.4, 0.5) is 0 Å². The number of likely N-dealkylation sites (N-methyl/N-ethyl adjacent to an activating group) is 2. The molecule has 5 heteroatoms. The Morgan fingerprint density at radius 1 is 1.10 bits per heavy atom. The summed E-state index contributed by atoms with van der Waals surface area (Å²) in [7, 11) is 6.04. The average Bonchev–Trinajstić information content (AvgIpc) is 2.44. The van der Waals surface area contributed by atoms with E-state index in [4.69, 9.17) is 4.74 Å². The molecule has 0 spiro atoms. The maximum absolute atomic E-state index is 11.5. The Morgan fingerprint density at radius 2 is 1.57 bits per heavy atom. The van der Waals surface area contributed by atoms with E-state index in [0.717, 1.165) is 32.7 Å². The summed E-state index contributed by atoms with van der Waals surface area (Å²) in [6.07, 6.45) is 1.25. The molecular formula is C16H37N3O2. The molecule has 0 atom stereocenters. The van der Waals surface area contributed by atoms with Gasteiger partial charge in [-0.05, 0) is 21.1 Å². The Morgan fingerprint density at radius 3 is 2.00 bits per heavy atom. The van der Waals surface area contributed by atoms with Crippen molar-refractivity contribution < 1.29 is 9.53 Å². The molecule has 0 aromatic carbocycles. The molecule has 21 heavy (non-hydrogen) atoms. The van der Waals surface area contributed by atoms with Crippen LogP contribution in [0.1, 0.15) is 34.1 Å². The van der Waals surface area contributed by atoms with E-state index in [1.165, 1.54) is 6.42 Å². The van der Waals surface area contributed by atoms with E-state index in [1.807, 2.05) is 32.8 Å². The highest BCUT2D eigenvalue weighted by Gasteiger charge is 2.16. The lowest BCUT2D eigenvalue weighted by molar-refractivity contribution is -0.145. The van der Waals surface area contributed by atoms with E-state index in [-0.39, 0.29) is 5.97 Å². The summed E-state index contributed by atoms with van der Waals surface area (Å²) in [5.74, 6) is -0.105. The monoisotopic (exact) mass is 303 g/mol. The van der Waals surface area contributed by atoms with Gasteiger partial charge in [0.1, 0.15) is 6.61 Å². The van der Waals surface area contributed by atoms with Gasteiger partial charge in [0.25, 0.3) is 0 Å². The molecule has 0 saturated carbocycles. The first-order valence-electron chi connectivity index (χ1n) is 8.20. The van der Waals surface area contributed by atoms with E-state index in [9.17, 15) is 4.79 Å². The van der Waals surface area contributed by atoms with Crippen LogP contribution in [0.2, 0.25) is 0 Å². The van der Waals surface area contributed by atoms with Crippen LogP contribution in [0, 0.1) is 0 Å². The minimum atomic E-state index is -0.105. The molecule has 0 aromatic heterocycles. The van der Waals surface area contributed by atoms with E-state index in [0.29, 0.717) is 13.2 Å². The van der Waals surface area contributed by atoms with Crippen LogP contribution in [0.3, 0.4) is 0 Å². The molecule has 0 bridgehead atoms. The number of hydrogen-bond donors (Lipinski definition) is 0. The maximum Gasteiger partial charge on any atom is 0.320 e. The van der Waals surface area contributed by atoms with Crippen molar-refractivity contribution in [3.8, 4) is 0 Å². The van der Waals surface area contributed by atoms with Crippen LogP contribution in [0.25, 0.3) is 0 Å². The maximum atomic E-state index is 11.5. The average molecular weight is 303 g/mol. The molecule has 5 nitrogen and oxygen atoms in total. The molecule has 0 unspecified atom stereocenters. The highest BCUT2D eigenvalue weighted by molar-refractivity contribution is 5.71. The van der Waals surface area contributed by atoms with Gasteiger partial charge in [0.2, 0.25) is 0 Å². The minimum absolute atomic E-state index is 0.105. The second kappa shape index (κ2) is 15.7. The Labute approximate surface area is 132 Å². The van der Waals surface area contributed by atoms with Gasteiger partial charge in [0, 0.05) is 32.7 Å². The van der Waals surface area contributed by atoms with E-state index in [1.54, 1.807) is 0 Å². The van der Waals surface area contributed by atoms with Gasteiger partial charge in [-0.3, -0.25) is 9.69 Å². The Balaban J connectivity index is 0. The van der Waals surface area contributed by atoms with Crippen LogP contribution in [-0.2, 0) is 9.53 Å². The molecule has 1 saturated heterocycles. The predicted molar refractivity (Wildman–Crippen MR) is 90.8 cm³/mol. The molecule has 1 rings (SSSR count). The lowest BCUT2D eigenvalue weighted by Gasteiger charge is -2.31. The predicted octanol–water partition coefficient (Wildman–Crippen LogP) is 1.78. The topological polar surface area (TPSA) is 36.0 Å². The number of hydrogen-bond acceptors (Lipinski definition) is 5. The molecule has 1 fully saturated rings. The van der Waals surface area contributed by atoms with Gasteiger partial charge < -0.3 is 14.5 Å². The van der Waals surface area contributed by atoms with Gasteiger partial charge in [0.05, 0.1) is 6.54 Å². The lowest BCUT2D eigenvalue weighted by atomic mass is 10.3. The third-order valence-corrected chi connectivity index (χ3v) is 2.75. The van der Waals surface area contributed by atoms with Crippen LogP contribution in [0.5, 0.6) is 0 Å². The minimum Gasteiger partial charge on any atom is -0.463 e. The summed E-state index contributed by atoms with van der Waals surface area (Å²) in [5, 5.41) is 0. The number of piperazine rings is 1. The molecule has 0 amide bonds. The first kappa shape index (κ1) is 22.6. The molecule has 0 aromatic rings. The van der Waals surface area contributed by atoms with Gasteiger partial charge in [-0.25, -0.2) is 0 Å². The highest BCUT2D eigenvalue weighted by Crippen LogP contribution is 1.98. The van der Waals surface area contributed by atoms with Crippen LogP contribution < -0.4 is 0 Å². The summed E-state index contributed by atoms with van der Waals surface area (Å²) in [5.41, 5.74) is 0. The first-order valence-corrected chi connectivity index (χ1v) is 8.20. The second-order valence-corrected chi connectivity index (χ2v) is 5.31. The standard InChI is InChI=1S/C11H23N3O2.C3H8.C2H6/c1-12(2)8-9-16-11(15)10-14-6-4-13(3)5-7-14;1-3-2;1-2/h4-10H2,1-3H3;3H2,1-2H3;1-2H3. The number of carbonyl (C=O) groups excluding carboxylic acids is 1. The molecule has 0 N–H and O–H groups in total. The smallest absolute Gasteiger partial charge is 0.320 e. The zero-order valence-electron chi connectivity index (χ0n) is 15.3. The quantitative estimate of drug-likeness (QED) is 0.724. The van der Waals surface area contributed by atoms with Gasteiger partial charge in [-0.2, -0.15) is 0 Å². The molecule has 1 aliphatic rings. The van der Waals surface area contributed by atoms with Crippen molar-refractivity contribution in [3.63, 3.8) is 0 Å². The van der Waals surface area contributed by atoms with Gasteiger partial charge in [-0.1, -0.05) is 34.1 Å². The summed E-state index contributed by atoms with van der Waals surface area (Å²) in [4.78, 5) is 17.9. The molecular weight excluding hydrogens is 266 g/mol. The van der Waals surface area contributed by atoms with E-state index < -0.39 is 0 Å². The lowest BCUT2D eigenvalue weighted by Crippen LogP contribution is -2.46. The Bertz CT molecular complexity index is 228. The fourth-order valence-corrected chi connectivity index (χ4v) is 1.58.